The molecule has 85 heavy (non-hydrogen) atoms. The SMILES string of the molecule is CCCCCCCCCC(N)CC(O)CC(CC1CC(=O)NC(CO)C(=O)NC(C(O)c2ccc(O)cc2)C(=O)NC(CC(=O)O)C(=O)NC(CO)C(=O)NCC(=O)NCCC(N)C(=O)NC(C(O)C(N)=O)C(=O)N1)O[C@@H]1OC[C@@H](O)[C@H](O)[C@H]1O. The molecular weight excluding hydrogens is 1130 g/mol. The van der Waals surface area contributed by atoms with Gasteiger partial charge in [0.2, 0.25) is 53.2 Å². The standard InChI is InChI=1S/C52H85N11O22/c1-2-3-4-5-6-7-8-9-26(53)16-29(67)19-30(85-52-44(76)42(74)35(68)24-84-52)17-27-18-36(69)59-34(23-65)49(81)63-39(41(73)25-10-12-28(66)13-11-25)51(83)60-32(20-38(71)72)48(80)61-33(22-64)47(79)57-21-37(70)56-15-14-31(54)46(78)62-40(50(82)58-27)43(75)45(55)77/h10-13,26-27,29-35,39-44,52,64-68,73-76H,2-9,14-24,53-54H2,1H3,(H2,55,77)(H,56,70)(H,57,79)(H,58,82)(H,59,69)(H,60,83)(H,61,80)(H,62,78)(H,63,81)(H,71,72)/t26?,27?,29?,30?,31?,32?,33?,34?,35-,39?,40?,41?,42+,43?,44-,52+/m1/s1. The maximum absolute atomic E-state index is 14.3. The van der Waals surface area contributed by atoms with Crippen LogP contribution in [0.1, 0.15) is 108 Å². The molecule has 0 aliphatic carbocycles. The molecule has 2 aliphatic heterocycles. The number of hydrogen-bond acceptors (Lipinski definition) is 23. The number of aliphatic hydroxyl groups excluding tert-OH is 8. The summed E-state index contributed by atoms with van der Waals surface area (Å²) in [6.07, 6.45) is -10.7. The molecule has 24 N–H and O–H groups in total. The van der Waals surface area contributed by atoms with Gasteiger partial charge in [0.15, 0.2) is 12.4 Å². The maximum atomic E-state index is 14.3. The van der Waals surface area contributed by atoms with E-state index in [0.717, 1.165) is 69.2 Å². The number of rotatable bonds is 24. The summed E-state index contributed by atoms with van der Waals surface area (Å²) in [7, 11) is 0. The molecule has 2 heterocycles. The minimum Gasteiger partial charge on any atom is -0.508 e. The van der Waals surface area contributed by atoms with Gasteiger partial charge in [-0.05, 0) is 49.8 Å². The first-order valence-electron chi connectivity index (χ1n) is 27.9. The fourth-order valence-electron chi connectivity index (χ4n) is 9.08. The molecule has 0 aromatic heterocycles. The fraction of sp³-hybridized carbons (Fsp3) is 0.692. The largest absolute Gasteiger partial charge is 0.508 e. The van der Waals surface area contributed by atoms with Gasteiger partial charge in [0.1, 0.15) is 60.4 Å². The molecule has 33 heteroatoms. The Morgan fingerprint density at radius 3 is 1.92 bits per heavy atom. The van der Waals surface area contributed by atoms with Crippen LogP contribution in [0, 0.1) is 0 Å². The number of aromatic hydroxyl groups is 1. The summed E-state index contributed by atoms with van der Waals surface area (Å²) >= 11 is 0. The van der Waals surface area contributed by atoms with Gasteiger partial charge < -0.3 is 120 Å². The summed E-state index contributed by atoms with van der Waals surface area (Å²) in [5.74, 6) is -14.0. The van der Waals surface area contributed by atoms with Crippen LogP contribution in [-0.4, -0.2) is 234 Å². The van der Waals surface area contributed by atoms with Crippen molar-refractivity contribution >= 4 is 59.1 Å². The molecule has 3 rings (SSSR count). The van der Waals surface area contributed by atoms with E-state index in [9.17, 15) is 99.0 Å². The molecular formula is C52H85N11O22. The fourth-order valence-corrected chi connectivity index (χ4v) is 9.08. The van der Waals surface area contributed by atoms with Crippen molar-refractivity contribution < 1.29 is 108 Å². The number of primary amides is 1. The van der Waals surface area contributed by atoms with Crippen LogP contribution in [0.2, 0.25) is 0 Å². The van der Waals surface area contributed by atoms with Gasteiger partial charge in [-0.25, -0.2) is 0 Å². The molecule has 2 saturated heterocycles. The van der Waals surface area contributed by atoms with Gasteiger partial charge in [-0.3, -0.25) is 47.9 Å². The van der Waals surface area contributed by atoms with E-state index in [4.69, 9.17) is 26.7 Å². The number of carbonyl (C=O) groups is 10. The molecule has 16 atom stereocenters. The van der Waals surface area contributed by atoms with Crippen molar-refractivity contribution in [2.45, 2.75) is 194 Å². The number of unbranched alkanes of at least 4 members (excludes halogenated alkanes) is 6. The van der Waals surface area contributed by atoms with Gasteiger partial charge in [0, 0.05) is 25.0 Å². The van der Waals surface area contributed by atoms with Gasteiger partial charge in [0.25, 0.3) is 0 Å². The normalized spacial score (nSPS) is 27.8. The number of phenolic OH excluding ortho intramolecular Hbond substituents is 1. The predicted molar refractivity (Wildman–Crippen MR) is 293 cm³/mol. The highest BCUT2D eigenvalue weighted by molar-refractivity contribution is 5.98. The molecule has 0 saturated carbocycles. The summed E-state index contributed by atoms with van der Waals surface area (Å²) < 4.78 is 11.5. The Labute approximate surface area is 488 Å². The van der Waals surface area contributed by atoms with Gasteiger partial charge in [-0.15, -0.1) is 0 Å². The van der Waals surface area contributed by atoms with Gasteiger partial charge in [0.05, 0.1) is 51.0 Å². The van der Waals surface area contributed by atoms with Gasteiger partial charge in [-0.2, -0.15) is 0 Å². The first kappa shape index (κ1) is 72.5. The lowest BCUT2D eigenvalue weighted by Gasteiger charge is -2.38. The monoisotopic (exact) mass is 1220 g/mol. The molecule has 33 nitrogen and oxygen atoms in total. The molecule has 0 bridgehead atoms. The molecule has 1 aromatic carbocycles. The maximum Gasteiger partial charge on any atom is 0.305 e. The van der Waals surface area contributed by atoms with Crippen LogP contribution in [0.3, 0.4) is 0 Å². The van der Waals surface area contributed by atoms with Crippen LogP contribution in [0.5, 0.6) is 5.75 Å². The van der Waals surface area contributed by atoms with Crippen molar-refractivity contribution in [3.05, 3.63) is 29.8 Å². The lowest BCUT2D eigenvalue weighted by atomic mass is 9.95. The number of nitrogens with two attached hydrogens (primary N) is 3. The number of benzene rings is 1. The summed E-state index contributed by atoms with van der Waals surface area (Å²) in [6, 6.07) is -10.2. The molecule has 1 aromatic rings. The minimum atomic E-state index is -2.52. The number of carboxylic acid groups (broad SMARTS) is 1. The second-order valence-corrected chi connectivity index (χ2v) is 21.0. The number of carbonyl (C=O) groups excluding carboxylic acids is 9. The third kappa shape index (κ3) is 25.0. The zero-order valence-electron chi connectivity index (χ0n) is 47.1. The van der Waals surface area contributed by atoms with E-state index in [1.54, 1.807) is 0 Å². The third-order valence-electron chi connectivity index (χ3n) is 13.9. The van der Waals surface area contributed by atoms with Gasteiger partial charge >= 0.3 is 5.97 Å². The zero-order chi connectivity index (χ0) is 63.5. The Balaban J connectivity index is 2.14. The molecule has 9 amide bonds. The summed E-state index contributed by atoms with van der Waals surface area (Å²) in [4.78, 5) is 134. The Morgan fingerprint density at radius 2 is 1.29 bits per heavy atom. The number of carboxylic acids is 1. The summed E-state index contributed by atoms with van der Waals surface area (Å²) in [5.41, 5.74) is 17.6. The molecule has 2 fully saturated rings. The molecule has 480 valence electrons. The van der Waals surface area contributed by atoms with E-state index in [0.29, 0.717) is 6.42 Å². The number of aliphatic hydroxyl groups is 8. The second kappa shape index (κ2) is 36.9. The zero-order valence-corrected chi connectivity index (χ0v) is 47.1. The number of aliphatic carboxylic acids is 1. The van der Waals surface area contributed by atoms with E-state index in [1.807, 2.05) is 10.6 Å². The Bertz CT molecular complexity index is 2360. The van der Waals surface area contributed by atoms with Crippen LogP contribution in [0.4, 0.5) is 0 Å². The van der Waals surface area contributed by atoms with Crippen molar-refractivity contribution in [3.8, 4) is 5.75 Å². The number of ether oxygens (including phenoxy) is 2. The van der Waals surface area contributed by atoms with Crippen LogP contribution in [0.25, 0.3) is 0 Å². The topological polar surface area (TPSA) is 566 Å². The van der Waals surface area contributed by atoms with E-state index in [-0.39, 0.29) is 17.7 Å². The Kier molecular flexibility index (Phi) is 31.5. The van der Waals surface area contributed by atoms with E-state index in [1.165, 1.54) is 0 Å². The first-order valence-corrected chi connectivity index (χ1v) is 27.9. The van der Waals surface area contributed by atoms with Crippen molar-refractivity contribution in [1.29, 1.82) is 0 Å². The van der Waals surface area contributed by atoms with Crippen LogP contribution >= 0.6 is 0 Å². The highest BCUT2D eigenvalue weighted by Gasteiger charge is 2.42. The Hall–Kier alpha value is -6.76. The quantitative estimate of drug-likeness (QED) is 0.0428. The molecule has 0 radical (unpaired) electrons. The van der Waals surface area contributed by atoms with E-state index in [2.05, 4.69) is 38.8 Å². The Morgan fingerprint density at radius 1 is 0.706 bits per heavy atom. The lowest BCUT2D eigenvalue weighted by Crippen LogP contribution is -2.61. The van der Waals surface area contributed by atoms with E-state index >= 15 is 0 Å². The van der Waals surface area contributed by atoms with Crippen molar-refractivity contribution in [2.24, 2.45) is 17.2 Å². The highest BCUT2D eigenvalue weighted by atomic mass is 16.7. The number of nitrogens with one attached hydrogen (secondary N) is 8. The van der Waals surface area contributed by atoms with Crippen LogP contribution < -0.4 is 59.7 Å². The average Bonchev–Trinajstić information content (AvgIpc) is 3.58. The highest BCUT2D eigenvalue weighted by Crippen LogP contribution is 2.25. The smallest absolute Gasteiger partial charge is 0.305 e. The number of amides is 9. The molecule has 0 spiro atoms. The average molecular weight is 1220 g/mol. The number of phenols is 1. The van der Waals surface area contributed by atoms with E-state index < -0.39 is 222 Å². The summed E-state index contributed by atoms with van der Waals surface area (Å²) in [6.45, 7) is -2.15. The lowest BCUT2D eigenvalue weighted by molar-refractivity contribution is -0.285. The van der Waals surface area contributed by atoms with Crippen molar-refractivity contribution in [1.82, 2.24) is 42.5 Å². The second-order valence-electron chi connectivity index (χ2n) is 21.0. The number of hydrogen-bond donors (Lipinski definition) is 21. The predicted octanol–water partition coefficient (Wildman–Crippen LogP) is -8.18. The molecule has 2 aliphatic rings. The van der Waals surface area contributed by atoms with Crippen molar-refractivity contribution in [3.63, 3.8) is 0 Å². The van der Waals surface area contributed by atoms with Crippen LogP contribution in [-0.2, 0) is 57.4 Å². The van der Waals surface area contributed by atoms with Crippen molar-refractivity contribution in [2.75, 3.05) is 32.9 Å². The minimum absolute atomic E-state index is 0.0344. The first-order chi connectivity index (χ1) is 40.2. The summed E-state index contributed by atoms with van der Waals surface area (Å²) in [5, 5.41) is 123. The van der Waals surface area contributed by atoms with Crippen LogP contribution in [0.15, 0.2) is 24.3 Å². The third-order valence-corrected chi connectivity index (χ3v) is 13.9. The molecule has 12 unspecified atom stereocenters. The van der Waals surface area contributed by atoms with Gasteiger partial charge in [-0.1, -0.05) is 64.0 Å².